The molecule has 1 unspecified atom stereocenters. The lowest BCUT2D eigenvalue weighted by Crippen LogP contribution is -2.44. The summed E-state index contributed by atoms with van der Waals surface area (Å²) in [5.74, 6) is -0.0827. The van der Waals surface area contributed by atoms with Gasteiger partial charge >= 0.3 is 6.18 Å². The quantitative estimate of drug-likeness (QED) is 0.209. The monoisotopic (exact) mass is 663 g/mol. The van der Waals surface area contributed by atoms with Crippen LogP contribution < -0.4 is 31.1 Å². The Morgan fingerprint density at radius 1 is 0.936 bits per heavy atom. The summed E-state index contributed by atoms with van der Waals surface area (Å²) in [4.78, 5) is 28.8. The first kappa shape index (κ1) is 30.6. The van der Waals surface area contributed by atoms with Crippen LogP contribution in [0.3, 0.4) is 0 Å². The minimum absolute atomic E-state index is 0.0739. The molecule has 4 N–H and O–H groups in total. The second kappa shape index (κ2) is 11.9. The molecule has 12 nitrogen and oxygen atoms in total. The average Bonchev–Trinajstić information content (AvgIpc) is 3.05. The Bertz CT molecular complexity index is 2140. The second-order valence-corrected chi connectivity index (χ2v) is 12.8. The zero-order valence-corrected chi connectivity index (χ0v) is 25.4. The average molecular weight is 664 g/mol. The summed E-state index contributed by atoms with van der Waals surface area (Å²) in [6, 6.07) is 15.4. The zero-order valence-electron chi connectivity index (χ0n) is 24.6. The Kier molecular flexibility index (Phi) is 7.77. The van der Waals surface area contributed by atoms with Crippen LogP contribution in [0.15, 0.2) is 88.9 Å². The number of piperazine rings is 1. The second-order valence-electron chi connectivity index (χ2n) is 11.1. The first-order chi connectivity index (χ1) is 22.6. The lowest BCUT2D eigenvalue weighted by molar-refractivity contribution is -0.137. The number of sulfonamides is 1. The van der Waals surface area contributed by atoms with Gasteiger partial charge in [-0.05, 0) is 48.0 Å². The number of hydrogen-bond acceptors (Lipinski definition) is 10. The number of pyridine rings is 2. The number of alkyl halides is 3. The van der Waals surface area contributed by atoms with Crippen molar-refractivity contribution in [3.63, 3.8) is 0 Å². The van der Waals surface area contributed by atoms with Crippen LogP contribution in [-0.4, -0.2) is 54.1 Å². The molecular formula is C31H28F3N9O3S. The van der Waals surface area contributed by atoms with Crippen molar-refractivity contribution < 1.29 is 21.6 Å². The summed E-state index contributed by atoms with van der Waals surface area (Å²) in [6.07, 6.45) is -1.03. The smallest absolute Gasteiger partial charge is 0.368 e. The molecule has 1 fully saturated rings. The predicted molar refractivity (Wildman–Crippen MR) is 171 cm³/mol. The molecule has 0 bridgehead atoms. The van der Waals surface area contributed by atoms with Gasteiger partial charge in [0, 0.05) is 61.8 Å². The van der Waals surface area contributed by atoms with Crippen molar-refractivity contribution in [1.82, 2.24) is 29.6 Å². The SMILES string of the molecule is O=c1c(Nc2cccnc2)cc2cnc(Nc3ccc(N4CCNCC4)c(C(F)(F)F)c3)nc2n1C1Cc2ccccc2S(=O)(=O)N1. The van der Waals surface area contributed by atoms with Gasteiger partial charge in [0.2, 0.25) is 16.0 Å². The predicted octanol–water partition coefficient (Wildman–Crippen LogP) is 4.14. The molecule has 0 amide bonds. The van der Waals surface area contributed by atoms with E-state index in [1.807, 2.05) is 0 Å². The standard InChI is InChI=1S/C31H28F3N9O3S/c32-31(33,34)23-16-21(7-8-25(23)42-12-10-35-11-13-42)39-30-37-17-20-14-24(38-22-5-3-9-36-18-22)29(44)43(28(20)40-30)27-15-19-4-1-2-6-26(19)47(45,46)41-27/h1-9,14,16-18,27,35,38,41H,10-13,15H2,(H,37,39,40). The van der Waals surface area contributed by atoms with Crippen LogP contribution in [0.2, 0.25) is 0 Å². The normalized spacial score (nSPS) is 17.7. The molecule has 47 heavy (non-hydrogen) atoms. The van der Waals surface area contributed by atoms with Gasteiger partial charge in [-0.1, -0.05) is 18.2 Å². The van der Waals surface area contributed by atoms with E-state index >= 15 is 0 Å². The molecule has 0 saturated carbocycles. The summed E-state index contributed by atoms with van der Waals surface area (Å²) >= 11 is 0. The molecule has 0 aliphatic carbocycles. The molecule has 2 aliphatic rings. The number of nitrogens with zero attached hydrogens (tertiary/aromatic N) is 5. The van der Waals surface area contributed by atoms with Crippen molar-refractivity contribution in [1.29, 1.82) is 0 Å². The molecule has 2 aromatic carbocycles. The molecule has 0 spiro atoms. The van der Waals surface area contributed by atoms with E-state index in [2.05, 4.69) is 35.6 Å². The van der Waals surface area contributed by atoms with E-state index in [-0.39, 0.29) is 40.0 Å². The maximum atomic E-state index is 14.2. The van der Waals surface area contributed by atoms with Gasteiger partial charge in [0.1, 0.15) is 17.5 Å². The fourth-order valence-corrected chi connectivity index (χ4v) is 7.30. The van der Waals surface area contributed by atoms with Gasteiger partial charge in [0.25, 0.3) is 5.56 Å². The van der Waals surface area contributed by atoms with Gasteiger partial charge < -0.3 is 20.9 Å². The Hall–Kier alpha value is -5.06. The van der Waals surface area contributed by atoms with Gasteiger partial charge in [0.15, 0.2) is 0 Å². The fourth-order valence-electron chi connectivity index (χ4n) is 5.87. The number of nitrogens with one attached hydrogen (secondary N) is 4. The number of hydrogen-bond donors (Lipinski definition) is 4. The van der Waals surface area contributed by atoms with Crippen LogP contribution in [0.1, 0.15) is 17.3 Å². The van der Waals surface area contributed by atoms with Gasteiger partial charge in [-0.2, -0.15) is 22.9 Å². The molecular weight excluding hydrogens is 635 g/mol. The minimum atomic E-state index is -4.62. The highest BCUT2D eigenvalue weighted by Crippen LogP contribution is 2.39. The van der Waals surface area contributed by atoms with Crippen molar-refractivity contribution in [3.05, 3.63) is 101 Å². The summed E-state index contributed by atoms with van der Waals surface area (Å²) < 4.78 is 72.9. The number of aromatic nitrogens is 4. The van der Waals surface area contributed by atoms with Crippen molar-refractivity contribution in [2.75, 3.05) is 41.7 Å². The lowest BCUT2D eigenvalue weighted by atomic mass is 10.1. The number of rotatable bonds is 6. The molecule has 1 saturated heterocycles. The molecule has 1 atom stereocenters. The van der Waals surface area contributed by atoms with E-state index in [1.165, 1.54) is 41.2 Å². The summed E-state index contributed by atoms with van der Waals surface area (Å²) in [6.45, 7) is 2.03. The van der Waals surface area contributed by atoms with Gasteiger partial charge in [-0.15, -0.1) is 0 Å². The van der Waals surface area contributed by atoms with Crippen LogP contribution in [0.25, 0.3) is 11.0 Å². The highest BCUT2D eigenvalue weighted by molar-refractivity contribution is 7.89. The molecule has 242 valence electrons. The first-order valence-corrected chi connectivity index (χ1v) is 16.2. The molecule has 5 heterocycles. The van der Waals surface area contributed by atoms with Crippen molar-refractivity contribution in [3.8, 4) is 0 Å². The first-order valence-electron chi connectivity index (χ1n) is 14.7. The summed E-state index contributed by atoms with van der Waals surface area (Å²) in [5, 5.41) is 9.39. The van der Waals surface area contributed by atoms with E-state index < -0.39 is 33.5 Å². The molecule has 16 heteroatoms. The fraction of sp³-hybridized carbons (Fsp3) is 0.226. The molecule has 7 rings (SSSR count). The maximum Gasteiger partial charge on any atom is 0.418 e. The summed E-state index contributed by atoms with van der Waals surface area (Å²) in [7, 11) is -4.00. The van der Waals surface area contributed by atoms with Crippen LogP contribution in [0, 0.1) is 0 Å². The molecule has 2 aliphatic heterocycles. The van der Waals surface area contributed by atoms with Gasteiger partial charge in [-0.3, -0.25) is 14.3 Å². The van der Waals surface area contributed by atoms with Crippen LogP contribution in [-0.2, 0) is 22.6 Å². The highest BCUT2D eigenvalue weighted by Gasteiger charge is 2.36. The largest absolute Gasteiger partial charge is 0.418 e. The number of halogens is 3. The van der Waals surface area contributed by atoms with Crippen LogP contribution in [0.5, 0.6) is 0 Å². The maximum absolute atomic E-state index is 14.2. The van der Waals surface area contributed by atoms with Gasteiger partial charge in [0.05, 0.1) is 22.3 Å². The van der Waals surface area contributed by atoms with Crippen LogP contribution >= 0.6 is 0 Å². The van der Waals surface area contributed by atoms with E-state index in [9.17, 15) is 26.4 Å². The molecule has 0 radical (unpaired) electrons. The van der Waals surface area contributed by atoms with E-state index in [0.717, 1.165) is 6.07 Å². The third-order valence-corrected chi connectivity index (χ3v) is 9.57. The van der Waals surface area contributed by atoms with Crippen molar-refractivity contribution >= 4 is 49.8 Å². The van der Waals surface area contributed by atoms with Crippen molar-refractivity contribution in [2.24, 2.45) is 0 Å². The van der Waals surface area contributed by atoms with Crippen LogP contribution in [0.4, 0.5) is 41.9 Å². The third kappa shape index (κ3) is 6.09. The van der Waals surface area contributed by atoms with E-state index in [4.69, 9.17) is 0 Å². The lowest BCUT2D eigenvalue weighted by Gasteiger charge is -2.31. The Morgan fingerprint density at radius 3 is 2.51 bits per heavy atom. The number of fused-ring (bicyclic) bond motifs is 2. The number of anilines is 5. The number of benzene rings is 2. The van der Waals surface area contributed by atoms with E-state index in [0.29, 0.717) is 42.8 Å². The minimum Gasteiger partial charge on any atom is -0.368 e. The zero-order chi connectivity index (χ0) is 32.8. The molecule has 5 aromatic rings. The van der Waals surface area contributed by atoms with Gasteiger partial charge in [-0.25, -0.2) is 13.4 Å². The Labute approximate surface area is 266 Å². The topological polar surface area (TPSA) is 146 Å². The summed E-state index contributed by atoms with van der Waals surface area (Å²) in [5.41, 5.74) is 0.00725. The van der Waals surface area contributed by atoms with Crippen molar-refractivity contribution in [2.45, 2.75) is 23.7 Å². The highest BCUT2D eigenvalue weighted by atomic mass is 32.2. The Morgan fingerprint density at radius 2 is 1.74 bits per heavy atom. The van der Waals surface area contributed by atoms with E-state index in [1.54, 1.807) is 41.4 Å². The molecule has 3 aromatic heterocycles. The Balaban J connectivity index is 1.32. The third-order valence-electron chi connectivity index (χ3n) is 8.01.